The third kappa shape index (κ3) is 4.58. The standard InChI is InChI=1S/C27H40FN5O3Si/c1-25(2,16-34)20(17-9-11-18(28)12-10-17)29-24(36)33-15-19-21(26(33,3)4)31-32-22(19)30-23(35)27(13-8-14-27)37(5,6)7/h9-12,20,34H,8,13-16H2,1-7H3,(H,29,36)(H2,30,31,32,35). The molecule has 37 heavy (non-hydrogen) atoms. The second-order valence-electron chi connectivity index (χ2n) is 12.8. The smallest absolute Gasteiger partial charge is 0.318 e. The molecule has 1 unspecified atom stereocenters. The normalized spacial score (nSPS) is 19.1. The lowest BCUT2D eigenvalue weighted by Gasteiger charge is -2.48. The molecule has 10 heteroatoms. The van der Waals surface area contributed by atoms with Crippen molar-refractivity contribution in [1.29, 1.82) is 0 Å². The molecule has 4 N–H and O–H groups in total. The van der Waals surface area contributed by atoms with E-state index in [2.05, 4.69) is 40.5 Å². The van der Waals surface area contributed by atoms with Gasteiger partial charge in [-0.3, -0.25) is 9.89 Å². The summed E-state index contributed by atoms with van der Waals surface area (Å²) in [6, 6.07) is 5.09. The first kappa shape index (κ1) is 27.3. The van der Waals surface area contributed by atoms with Crippen molar-refractivity contribution in [2.24, 2.45) is 5.41 Å². The zero-order chi connectivity index (χ0) is 27.4. The number of H-pyrrole nitrogens is 1. The first-order valence-corrected chi connectivity index (χ1v) is 16.5. The number of hydrogen-bond donors (Lipinski definition) is 4. The van der Waals surface area contributed by atoms with Crippen LogP contribution in [-0.4, -0.2) is 46.8 Å². The highest BCUT2D eigenvalue weighted by molar-refractivity contribution is 6.83. The van der Waals surface area contributed by atoms with E-state index >= 15 is 0 Å². The number of urea groups is 1. The molecule has 202 valence electrons. The van der Waals surface area contributed by atoms with Crippen LogP contribution < -0.4 is 10.6 Å². The Bertz CT molecular complexity index is 1180. The van der Waals surface area contributed by atoms with Crippen LogP contribution in [0.2, 0.25) is 24.7 Å². The highest BCUT2D eigenvalue weighted by Crippen LogP contribution is 2.56. The number of hydrogen-bond acceptors (Lipinski definition) is 4. The van der Waals surface area contributed by atoms with E-state index < -0.39 is 25.1 Å². The molecule has 1 aliphatic carbocycles. The molecule has 1 aliphatic heterocycles. The van der Waals surface area contributed by atoms with Gasteiger partial charge in [-0.2, -0.15) is 5.10 Å². The largest absolute Gasteiger partial charge is 0.396 e. The van der Waals surface area contributed by atoms with E-state index in [-0.39, 0.29) is 35.9 Å². The number of fused-ring (bicyclic) bond motifs is 1. The van der Waals surface area contributed by atoms with Crippen LogP contribution in [0.3, 0.4) is 0 Å². The number of nitrogens with zero attached hydrogens (tertiary/aromatic N) is 2. The second kappa shape index (κ2) is 9.23. The van der Waals surface area contributed by atoms with Crippen molar-refractivity contribution in [3.63, 3.8) is 0 Å². The number of aliphatic hydroxyl groups is 1. The summed E-state index contributed by atoms with van der Waals surface area (Å²) < 4.78 is 13.6. The van der Waals surface area contributed by atoms with Crippen LogP contribution in [0.1, 0.15) is 69.8 Å². The average Bonchev–Trinajstić information content (AvgIpc) is 3.28. The summed E-state index contributed by atoms with van der Waals surface area (Å²) in [5, 5.41) is 23.4. The molecule has 8 nitrogen and oxygen atoms in total. The van der Waals surface area contributed by atoms with E-state index in [0.29, 0.717) is 11.4 Å². The number of anilines is 1. The highest BCUT2D eigenvalue weighted by atomic mass is 28.3. The number of benzene rings is 1. The summed E-state index contributed by atoms with van der Waals surface area (Å²) in [7, 11) is -1.75. The van der Waals surface area contributed by atoms with Crippen molar-refractivity contribution in [2.45, 2.75) is 89.8 Å². The lowest BCUT2D eigenvalue weighted by Crippen LogP contribution is -2.52. The maximum atomic E-state index is 13.7. The number of carbonyl (C=O) groups excluding carboxylic acids is 2. The zero-order valence-corrected chi connectivity index (χ0v) is 24.0. The van der Waals surface area contributed by atoms with Gasteiger partial charge >= 0.3 is 6.03 Å². The van der Waals surface area contributed by atoms with Gasteiger partial charge in [0.25, 0.3) is 0 Å². The maximum absolute atomic E-state index is 13.7. The number of aromatic nitrogens is 2. The molecule has 0 radical (unpaired) electrons. The van der Waals surface area contributed by atoms with E-state index in [4.69, 9.17) is 0 Å². The maximum Gasteiger partial charge on any atom is 0.318 e. The van der Waals surface area contributed by atoms with E-state index in [9.17, 15) is 19.1 Å². The number of amides is 3. The SMILES string of the molecule is CC(C)(CO)C(NC(=O)N1Cc2c(NC(=O)C3([Si](C)(C)C)CCC3)n[nH]c2C1(C)C)c1ccc(F)cc1. The van der Waals surface area contributed by atoms with Gasteiger partial charge in [0.15, 0.2) is 5.82 Å². The molecular weight excluding hydrogens is 489 g/mol. The number of halogens is 1. The van der Waals surface area contributed by atoms with Crippen LogP contribution in [0.25, 0.3) is 0 Å². The van der Waals surface area contributed by atoms with Crippen molar-refractivity contribution in [2.75, 3.05) is 11.9 Å². The summed E-state index contributed by atoms with van der Waals surface area (Å²) in [6.45, 7) is 14.4. The molecule has 0 saturated heterocycles. The Morgan fingerprint density at radius 1 is 1.22 bits per heavy atom. The summed E-state index contributed by atoms with van der Waals surface area (Å²) in [5.74, 6) is 0.155. The fraction of sp³-hybridized carbons (Fsp3) is 0.593. The summed E-state index contributed by atoms with van der Waals surface area (Å²) in [5.41, 5.74) is 0.891. The minimum absolute atomic E-state index is 0.0361. The Morgan fingerprint density at radius 3 is 2.35 bits per heavy atom. The summed E-state index contributed by atoms with van der Waals surface area (Å²) >= 11 is 0. The van der Waals surface area contributed by atoms with Gasteiger partial charge in [-0.15, -0.1) is 0 Å². The molecular formula is C27H40FN5O3Si. The quantitative estimate of drug-likeness (QED) is 0.366. The Balaban J connectivity index is 1.57. The first-order chi connectivity index (χ1) is 17.1. The fourth-order valence-electron chi connectivity index (χ4n) is 5.70. The predicted molar refractivity (Wildman–Crippen MR) is 144 cm³/mol. The van der Waals surface area contributed by atoms with Crippen LogP contribution in [0.5, 0.6) is 0 Å². The molecule has 1 aromatic carbocycles. The average molecular weight is 530 g/mol. The van der Waals surface area contributed by atoms with Gasteiger partial charge in [-0.1, -0.05) is 52.0 Å². The molecule has 1 aromatic heterocycles. The Kier molecular flexibility index (Phi) is 6.82. The van der Waals surface area contributed by atoms with Crippen molar-refractivity contribution >= 4 is 25.8 Å². The number of nitrogens with one attached hydrogen (secondary N) is 3. The molecule has 1 saturated carbocycles. The van der Waals surface area contributed by atoms with Gasteiger partial charge in [0, 0.05) is 16.0 Å². The minimum atomic E-state index is -1.75. The fourth-order valence-corrected chi connectivity index (χ4v) is 8.30. The topological polar surface area (TPSA) is 110 Å². The van der Waals surface area contributed by atoms with E-state index in [1.165, 1.54) is 12.1 Å². The molecule has 4 rings (SSSR count). The monoisotopic (exact) mass is 529 g/mol. The van der Waals surface area contributed by atoms with Gasteiger partial charge in [0.05, 0.1) is 38.5 Å². The molecule has 0 spiro atoms. The van der Waals surface area contributed by atoms with Crippen molar-refractivity contribution in [3.8, 4) is 0 Å². The van der Waals surface area contributed by atoms with Gasteiger partial charge in [0.2, 0.25) is 5.91 Å². The zero-order valence-electron chi connectivity index (χ0n) is 23.0. The van der Waals surface area contributed by atoms with Crippen molar-refractivity contribution < 1.29 is 19.1 Å². The van der Waals surface area contributed by atoms with Gasteiger partial charge < -0.3 is 20.6 Å². The second-order valence-corrected chi connectivity index (χ2v) is 18.2. The Morgan fingerprint density at radius 2 is 1.84 bits per heavy atom. The third-order valence-corrected chi connectivity index (χ3v) is 12.3. The van der Waals surface area contributed by atoms with Crippen LogP contribution >= 0.6 is 0 Å². The number of aliphatic hydroxyl groups excluding tert-OH is 1. The highest BCUT2D eigenvalue weighted by Gasteiger charge is 2.54. The van der Waals surface area contributed by atoms with E-state index in [1.54, 1.807) is 17.0 Å². The van der Waals surface area contributed by atoms with Crippen LogP contribution in [0.15, 0.2) is 24.3 Å². The van der Waals surface area contributed by atoms with Crippen LogP contribution in [-0.2, 0) is 16.9 Å². The lowest BCUT2D eigenvalue weighted by molar-refractivity contribution is -0.121. The van der Waals surface area contributed by atoms with Gasteiger partial charge in [-0.25, -0.2) is 9.18 Å². The Labute approximate surface area is 219 Å². The van der Waals surface area contributed by atoms with Crippen molar-refractivity contribution in [3.05, 3.63) is 46.9 Å². The molecule has 2 heterocycles. The summed E-state index contributed by atoms with van der Waals surface area (Å²) in [4.78, 5) is 28.8. The van der Waals surface area contributed by atoms with Crippen molar-refractivity contribution in [1.82, 2.24) is 20.4 Å². The van der Waals surface area contributed by atoms with E-state index in [0.717, 1.165) is 30.5 Å². The van der Waals surface area contributed by atoms with E-state index in [1.807, 2.05) is 27.7 Å². The molecule has 1 atom stereocenters. The van der Waals surface area contributed by atoms with Gasteiger partial charge in [-0.05, 0) is 44.4 Å². The first-order valence-electron chi connectivity index (χ1n) is 13.0. The number of rotatable bonds is 7. The molecule has 1 fully saturated rings. The predicted octanol–water partition coefficient (Wildman–Crippen LogP) is 5.27. The Hall–Kier alpha value is -2.72. The van der Waals surface area contributed by atoms with Crippen LogP contribution in [0, 0.1) is 11.2 Å². The summed E-state index contributed by atoms with van der Waals surface area (Å²) in [6.07, 6.45) is 2.88. The lowest BCUT2D eigenvalue weighted by atomic mass is 9.81. The molecule has 3 amide bonds. The molecule has 2 aliphatic rings. The number of aromatic amines is 1. The molecule has 2 aromatic rings. The minimum Gasteiger partial charge on any atom is -0.396 e. The third-order valence-electron chi connectivity index (χ3n) is 8.68. The molecule has 0 bridgehead atoms. The van der Waals surface area contributed by atoms with Gasteiger partial charge in [0.1, 0.15) is 5.82 Å². The number of carbonyl (C=O) groups is 2. The van der Waals surface area contributed by atoms with Crippen LogP contribution in [0.4, 0.5) is 15.0 Å².